The van der Waals surface area contributed by atoms with Gasteiger partial charge in [-0.1, -0.05) is 18.2 Å². The van der Waals surface area contributed by atoms with E-state index in [9.17, 15) is 4.79 Å². The van der Waals surface area contributed by atoms with Gasteiger partial charge in [0.2, 0.25) is 0 Å². The van der Waals surface area contributed by atoms with E-state index in [4.69, 9.17) is 9.47 Å². The van der Waals surface area contributed by atoms with Crippen molar-refractivity contribution >= 4 is 41.4 Å². The van der Waals surface area contributed by atoms with E-state index < -0.39 is 6.10 Å². The number of carbonyl (C=O) groups is 1. The lowest BCUT2D eigenvalue weighted by atomic mass is 10.2. The van der Waals surface area contributed by atoms with Gasteiger partial charge in [0.15, 0.2) is 6.29 Å². The van der Waals surface area contributed by atoms with E-state index in [1.165, 1.54) is 18.5 Å². The van der Waals surface area contributed by atoms with E-state index in [0.29, 0.717) is 0 Å². The highest BCUT2D eigenvalue weighted by Crippen LogP contribution is 2.44. The van der Waals surface area contributed by atoms with Gasteiger partial charge in [-0.3, -0.25) is 0 Å². The largest absolute Gasteiger partial charge is 0.489 e. The van der Waals surface area contributed by atoms with Crippen LogP contribution in [-0.4, -0.2) is 56.8 Å². The summed E-state index contributed by atoms with van der Waals surface area (Å²) in [5, 5.41) is 0. The van der Waals surface area contributed by atoms with Crippen LogP contribution >= 0.6 is 23.7 Å². The number of nitrogens with zero attached hydrogens (tertiary/aromatic N) is 2. The number of carbonyl (C=O) groups excluding carboxylic acids is 1. The van der Waals surface area contributed by atoms with Crippen molar-refractivity contribution in [3.8, 4) is 5.75 Å². The number of methoxy groups -OCH3 is 1. The maximum absolute atomic E-state index is 11.0. The number of fused-ring (bicyclic) bond motifs is 1. The summed E-state index contributed by atoms with van der Waals surface area (Å²) in [5.74, 6) is 0.779. The molecule has 0 saturated heterocycles. The Bertz CT molecular complexity index is 773. The molecule has 0 N–H and O–H groups in total. The maximum Gasteiger partial charge on any atom is 0.152 e. The molecule has 1 atom stereocenters. The summed E-state index contributed by atoms with van der Waals surface area (Å²) < 4.78 is 13.3. The molecule has 1 aliphatic rings. The predicted octanol–water partition coefficient (Wildman–Crippen LogP) is 4.09. The molecule has 0 bridgehead atoms. The van der Waals surface area contributed by atoms with Crippen molar-refractivity contribution in [3.05, 3.63) is 42.5 Å². The normalized spacial score (nSPS) is 15.7. The molecule has 2 aromatic carbocycles. The minimum absolute atomic E-state index is 0.204. The molecule has 0 spiro atoms. The highest BCUT2D eigenvalue weighted by molar-refractivity contribution is 7.98. The lowest BCUT2D eigenvalue weighted by molar-refractivity contribution is -0.117. The van der Waals surface area contributed by atoms with Crippen molar-refractivity contribution in [1.29, 1.82) is 0 Å². The number of anilines is 2. The first-order valence-electron chi connectivity index (χ1n) is 8.71. The monoisotopic (exact) mass is 404 g/mol. The second-order valence-electron chi connectivity index (χ2n) is 6.12. The molecule has 2 aromatic rings. The van der Waals surface area contributed by atoms with Crippen LogP contribution in [0, 0.1) is 0 Å². The van der Waals surface area contributed by atoms with Crippen molar-refractivity contribution in [1.82, 2.24) is 4.31 Å². The molecule has 3 rings (SSSR count). The molecular formula is C20H24N2O3S2. The lowest BCUT2D eigenvalue weighted by Gasteiger charge is -2.25. The molecule has 0 amide bonds. The molecule has 0 radical (unpaired) electrons. The summed E-state index contributed by atoms with van der Waals surface area (Å²) in [5.41, 5.74) is 2.35. The lowest BCUT2D eigenvalue weighted by Crippen LogP contribution is -2.24. The molecule has 5 nitrogen and oxygen atoms in total. The van der Waals surface area contributed by atoms with E-state index in [1.807, 2.05) is 12.3 Å². The third kappa shape index (κ3) is 4.79. The standard InChI is InChI=1S/C20H24N2O3S2/c1-21-9-10-22(15-7-5-4-6-8-15)17-11-20(26-3)18(12-19(17)27-21)25-14-16(13-23)24-2/h4-8,11-13,16H,9-10,14H2,1-3H3. The van der Waals surface area contributed by atoms with Gasteiger partial charge < -0.3 is 19.2 Å². The summed E-state index contributed by atoms with van der Waals surface area (Å²) >= 11 is 3.35. The van der Waals surface area contributed by atoms with Crippen molar-refractivity contribution in [3.63, 3.8) is 0 Å². The summed E-state index contributed by atoms with van der Waals surface area (Å²) in [7, 11) is 3.61. The van der Waals surface area contributed by atoms with Crippen LogP contribution < -0.4 is 9.64 Å². The van der Waals surface area contributed by atoms with Gasteiger partial charge in [0.1, 0.15) is 18.5 Å². The average Bonchev–Trinajstić information content (AvgIpc) is 2.86. The zero-order valence-corrected chi connectivity index (χ0v) is 17.4. The quantitative estimate of drug-likeness (QED) is 0.391. The molecule has 1 unspecified atom stereocenters. The molecule has 0 aromatic heterocycles. The first-order chi connectivity index (χ1) is 13.2. The van der Waals surface area contributed by atoms with Crippen LogP contribution in [0.25, 0.3) is 0 Å². The van der Waals surface area contributed by atoms with E-state index >= 15 is 0 Å². The number of hydrogen-bond acceptors (Lipinski definition) is 7. The first kappa shape index (κ1) is 20.1. The summed E-state index contributed by atoms with van der Waals surface area (Å²) in [4.78, 5) is 15.5. The third-order valence-electron chi connectivity index (χ3n) is 4.35. The zero-order valence-electron chi connectivity index (χ0n) is 15.8. The fraction of sp³-hybridized carbons (Fsp3) is 0.350. The number of benzene rings is 2. The minimum Gasteiger partial charge on any atom is -0.489 e. The highest BCUT2D eigenvalue weighted by Gasteiger charge is 2.23. The van der Waals surface area contributed by atoms with Gasteiger partial charge in [-0.25, -0.2) is 4.31 Å². The number of ether oxygens (including phenoxy) is 2. The van der Waals surface area contributed by atoms with Crippen LogP contribution in [0.2, 0.25) is 0 Å². The average molecular weight is 405 g/mol. The van der Waals surface area contributed by atoms with Crippen LogP contribution in [-0.2, 0) is 9.53 Å². The van der Waals surface area contributed by atoms with Gasteiger partial charge in [0.25, 0.3) is 0 Å². The number of aldehydes is 1. The van der Waals surface area contributed by atoms with Crippen molar-refractivity contribution in [2.24, 2.45) is 0 Å². The Kier molecular flexibility index (Phi) is 7.07. The van der Waals surface area contributed by atoms with Gasteiger partial charge in [-0.2, -0.15) is 0 Å². The molecule has 27 heavy (non-hydrogen) atoms. The molecule has 1 heterocycles. The van der Waals surface area contributed by atoms with Crippen molar-refractivity contribution in [2.75, 3.05) is 45.0 Å². The molecule has 0 fully saturated rings. The van der Waals surface area contributed by atoms with Crippen LogP contribution in [0.3, 0.4) is 0 Å². The predicted molar refractivity (Wildman–Crippen MR) is 113 cm³/mol. The Morgan fingerprint density at radius 3 is 2.70 bits per heavy atom. The Morgan fingerprint density at radius 1 is 1.26 bits per heavy atom. The Hall–Kier alpha value is -1.67. The van der Waals surface area contributed by atoms with Crippen LogP contribution in [0.15, 0.2) is 52.3 Å². The molecule has 0 saturated carbocycles. The number of para-hydroxylation sites is 1. The Labute approximate surface area is 169 Å². The van der Waals surface area contributed by atoms with E-state index in [-0.39, 0.29) is 6.61 Å². The van der Waals surface area contributed by atoms with Gasteiger partial charge in [-0.15, -0.1) is 11.8 Å². The van der Waals surface area contributed by atoms with Gasteiger partial charge in [-0.05, 0) is 49.5 Å². The Balaban J connectivity index is 1.98. The SMILES string of the molecule is COC(C=O)COc1cc2c(cc1SC)N(c1ccccc1)CCN(C)S2. The molecular weight excluding hydrogens is 380 g/mol. The van der Waals surface area contributed by atoms with Gasteiger partial charge in [0.05, 0.1) is 15.5 Å². The van der Waals surface area contributed by atoms with Gasteiger partial charge >= 0.3 is 0 Å². The van der Waals surface area contributed by atoms with E-state index in [1.54, 1.807) is 23.7 Å². The second kappa shape index (κ2) is 9.50. The van der Waals surface area contributed by atoms with Crippen molar-refractivity contribution < 1.29 is 14.3 Å². The maximum atomic E-state index is 11.0. The number of hydrogen-bond donors (Lipinski definition) is 0. The third-order valence-corrected chi connectivity index (χ3v) is 6.13. The van der Waals surface area contributed by atoms with Crippen LogP contribution in [0.1, 0.15) is 0 Å². The molecule has 1 aliphatic heterocycles. The summed E-state index contributed by atoms with van der Waals surface area (Å²) in [6.45, 7) is 2.05. The number of likely N-dealkylation sites (N-methyl/N-ethyl adjacent to an activating group) is 1. The number of rotatable bonds is 7. The van der Waals surface area contributed by atoms with E-state index in [2.05, 4.69) is 52.7 Å². The summed E-state index contributed by atoms with van der Waals surface area (Å²) in [6, 6.07) is 14.7. The van der Waals surface area contributed by atoms with Gasteiger partial charge in [0, 0.05) is 25.9 Å². The van der Waals surface area contributed by atoms with Crippen LogP contribution in [0.4, 0.5) is 11.4 Å². The Morgan fingerprint density at radius 2 is 2.04 bits per heavy atom. The minimum atomic E-state index is -0.560. The number of thioether (sulfide) groups is 1. The highest BCUT2D eigenvalue weighted by atomic mass is 32.2. The zero-order chi connectivity index (χ0) is 19.2. The fourth-order valence-electron chi connectivity index (χ4n) is 2.87. The summed E-state index contributed by atoms with van der Waals surface area (Å²) in [6.07, 6.45) is 2.24. The smallest absolute Gasteiger partial charge is 0.152 e. The second-order valence-corrected chi connectivity index (χ2v) is 8.22. The van der Waals surface area contributed by atoms with Crippen molar-refractivity contribution in [2.45, 2.75) is 15.9 Å². The topological polar surface area (TPSA) is 42.0 Å². The molecule has 7 heteroatoms. The van der Waals surface area contributed by atoms with Crippen LogP contribution in [0.5, 0.6) is 5.75 Å². The molecule has 0 aliphatic carbocycles. The molecule has 144 valence electrons. The fourth-order valence-corrected chi connectivity index (χ4v) is 4.35. The first-order valence-corrected chi connectivity index (χ1v) is 10.7. The van der Waals surface area contributed by atoms with E-state index in [0.717, 1.165) is 34.9 Å².